The van der Waals surface area contributed by atoms with Crippen molar-refractivity contribution in [3.8, 4) is 0 Å². The third kappa shape index (κ3) is 7.62. The molecule has 0 saturated heterocycles. The number of nitrogens with one attached hydrogen (secondary N) is 1. The van der Waals surface area contributed by atoms with Crippen molar-refractivity contribution in [2.75, 3.05) is 6.54 Å². The molecule has 1 amide bonds. The number of alkyl halides is 3. The molecule has 0 saturated carbocycles. The van der Waals surface area contributed by atoms with E-state index in [9.17, 15) is 18.0 Å². The summed E-state index contributed by atoms with van der Waals surface area (Å²) >= 11 is 0. The normalized spacial score (nSPS) is 11.8. The molecule has 0 radical (unpaired) electrons. The van der Waals surface area contributed by atoms with Crippen LogP contribution in [0.1, 0.15) is 26.7 Å². The lowest BCUT2D eigenvalue weighted by atomic mass is 10.2. The van der Waals surface area contributed by atoms with E-state index in [1.54, 1.807) is 13.8 Å². The maximum Gasteiger partial charge on any atom is 0.389 e. The zero-order valence-corrected chi connectivity index (χ0v) is 7.74. The first-order valence-corrected chi connectivity index (χ1v) is 4.17. The molecule has 0 aliphatic carbocycles. The van der Waals surface area contributed by atoms with Crippen LogP contribution in [0.25, 0.3) is 0 Å². The highest BCUT2D eigenvalue weighted by Gasteiger charge is 2.25. The van der Waals surface area contributed by atoms with Gasteiger partial charge in [-0.3, -0.25) is 4.79 Å². The Morgan fingerprint density at radius 3 is 2.31 bits per heavy atom. The molecule has 13 heavy (non-hydrogen) atoms. The summed E-state index contributed by atoms with van der Waals surface area (Å²) in [5.41, 5.74) is 0. The van der Waals surface area contributed by atoms with E-state index >= 15 is 0 Å². The van der Waals surface area contributed by atoms with Crippen LogP contribution in [0.4, 0.5) is 13.2 Å². The molecule has 0 spiro atoms. The van der Waals surface area contributed by atoms with Crippen LogP contribution >= 0.6 is 0 Å². The zero-order valence-electron chi connectivity index (χ0n) is 7.74. The van der Waals surface area contributed by atoms with E-state index in [1.165, 1.54) is 0 Å². The Labute approximate surface area is 75.5 Å². The molecule has 0 aromatic heterocycles. The lowest BCUT2D eigenvalue weighted by Gasteiger charge is -2.08. The first-order chi connectivity index (χ1) is 5.83. The first kappa shape index (κ1) is 12.3. The second-order valence-corrected chi connectivity index (χ2v) is 3.16. The molecule has 0 aromatic rings. The molecule has 0 aliphatic heterocycles. The number of hydrogen-bond donors (Lipinski definition) is 1. The van der Waals surface area contributed by atoms with Gasteiger partial charge in [-0.05, 0) is 6.42 Å². The van der Waals surface area contributed by atoms with Gasteiger partial charge in [0.2, 0.25) is 5.91 Å². The molecule has 0 heterocycles. The largest absolute Gasteiger partial charge is 0.389 e. The summed E-state index contributed by atoms with van der Waals surface area (Å²) in [4.78, 5) is 10.9. The number of carbonyl (C=O) groups excluding carboxylic acids is 1. The molecule has 0 bridgehead atoms. The molecule has 0 fully saturated rings. The summed E-state index contributed by atoms with van der Waals surface area (Å²) in [7, 11) is 0. The van der Waals surface area contributed by atoms with Crippen LogP contribution in [0.5, 0.6) is 0 Å². The highest BCUT2D eigenvalue weighted by molar-refractivity contribution is 5.77. The van der Waals surface area contributed by atoms with Gasteiger partial charge in [-0.15, -0.1) is 0 Å². The molecule has 1 N–H and O–H groups in total. The fraction of sp³-hybridized carbons (Fsp3) is 0.875. The summed E-state index contributed by atoms with van der Waals surface area (Å²) in [5, 5.41) is 2.42. The number of hydrogen-bond acceptors (Lipinski definition) is 1. The van der Waals surface area contributed by atoms with Crippen molar-refractivity contribution >= 4 is 5.91 Å². The Balaban J connectivity index is 3.42. The summed E-state index contributed by atoms with van der Waals surface area (Å²) in [6, 6.07) is 0. The number of amides is 1. The minimum atomic E-state index is -4.12. The van der Waals surface area contributed by atoms with Crippen LogP contribution in [-0.4, -0.2) is 18.6 Å². The molecular weight excluding hydrogens is 183 g/mol. The van der Waals surface area contributed by atoms with Gasteiger partial charge < -0.3 is 5.32 Å². The van der Waals surface area contributed by atoms with Gasteiger partial charge in [0.15, 0.2) is 0 Å². The summed E-state index contributed by atoms with van der Waals surface area (Å²) in [6.07, 6.45) is -5.02. The molecule has 2 nitrogen and oxygen atoms in total. The van der Waals surface area contributed by atoms with Crippen LogP contribution in [0.2, 0.25) is 0 Å². The number of carbonyl (C=O) groups is 1. The maximum atomic E-state index is 11.6. The van der Waals surface area contributed by atoms with E-state index in [4.69, 9.17) is 0 Å². The van der Waals surface area contributed by atoms with Gasteiger partial charge >= 0.3 is 6.18 Å². The second kappa shape index (κ2) is 5.09. The highest BCUT2D eigenvalue weighted by Crippen LogP contribution is 2.20. The van der Waals surface area contributed by atoms with E-state index in [2.05, 4.69) is 5.32 Å². The van der Waals surface area contributed by atoms with Crippen LogP contribution in [0.3, 0.4) is 0 Å². The summed E-state index contributed by atoms with van der Waals surface area (Å²) < 4.78 is 34.9. The Kier molecular flexibility index (Phi) is 4.80. The third-order valence-corrected chi connectivity index (χ3v) is 1.46. The quantitative estimate of drug-likeness (QED) is 0.687. The minimum Gasteiger partial charge on any atom is -0.356 e. The van der Waals surface area contributed by atoms with Crippen LogP contribution < -0.4 is 5.32 Å². The smallest absolute Gasteiger partial charge is 0.356 e. The number of halogens is 3. The molecule has 0 unspecified atom stereocenters. The van der Waals surface area contributed by atoms with E-state index in [0.29, 0.717) is 0 Å². The zero-order chi connectivity index (χ0) is 10.5. The topological polar surface area (TPSA) is 29.1 Å². The summed E-state index contributed by atoms with van der Waals surface area (Å²) in [5.74, 6) is -0.381. The van der Waals surface area contributed by atoms with Crippen molar-refractivity contribution in [1.82, 2.24) is 5.32 Å². The monoisotopic (exact) mass is 197 g/mol. The lowest BCUT2D eigenvalue weighted by molar-refractivity contribution is -0.136. The van der Waals surface area contributed by atoms with Crippen LogP contribution in [-0.2, 0) is 4.79 Å². The Bertz CT molecular complexity index is 165. The van der Waals surface area contributed by atoms with Gasteiger partial charge in [-0.25, -0.2) is 0 Å². The average molecular weight is 197 g/mol. The van der Waals surface area contributed by atoms with Gasteiger partial charge in [0.05, 0.1) is 0 Å². The molecule has 0 rings (SSSR count). The van der Waals surface area contributed by atoms with Crippen molar-refractivity contribution < 1.29 is 18.0 Å². The Hall–Kier alpha value is -0.740. The van der Waals surface area contributed by atoms with Gasteiger partial charge in [0.25, 0.3) is 0 Å². The van der Waals surface area contributed by atoms with Crippen LogP contribution in [0, 0.1) is 5.92 Å². The molecule has 5 heteroatoms. The first-order valence-electron chi connectivity index (χ1n) is 4.17. The van der Waals surface area contributed by atoms with Crippen molar-refractivity contribution in [3.63, 3.8) is 0 Å². The van der Waals surface area contributed by atoms with E-state index < -0.39 is 12.6 Å². The Morgan fingerprint density at radius 2 is 1.92 bits per heavy atom. The van der Waals surface area contributed by atoms with E-state index in [0.717, 1.165) is 0 Å². The maximum absolute atomic E-state index is 11.6. The SMILES string of the molecule is CC(C)C(=O)NCCCC(F)(F)F. The van der Waals surface area contributed by atoms with Gasteiger partial charge in [-0.1, -0.05) is 13.8 Å². The minimum absolute atomic E-state index is 0.0536. The van der Waals surface area contributed by atoms with Crippen LogP contribution in [0.15, 0.2) is 0 Å². The predicted molar refractivity (Wildman–Crippen MR) is 43.1 cm³/mol. The third-order valence-electron chi connectivity index (χ3n) is 1.46. The van der Waals surface area contributed by atoms with Crippen molar-refractivity contribution in [3.05, 3.63) is 0 Å². The van der Waals surface area contributed by atoms with Gasteiger partial charge in [0, 0.05) is 18.9 Å². The molecule has 0 aliphatic rings. The summed E-state index contributed by atoms with van der Waals surface area (Å²) in [6.45, 7) is 3.48. The molecule has 0 atom stereocenters. The second-order valence-electron chi connectivity index (χ2n) is 3.16. The lowest BCUT2D eigenvalue weighted by Crippen LogP contribution is -2.29. The number of rotatable bonds is 4. The average Bonchev–Trinajstić information content (AvgIpc) is 1.95. The van der Waals surface area contributed by atoms with Crippen molar-refractivity contribution in [1.29, 1.82) is 0 Å². The van der Waals surface area contributed by atoms with E-state index in [1.807, 2.05) is 0 Å². The fourth-order valence-electron chi connectivity index (χ4n) is 0.705. The standard InChI is InChI=1S/C8H14F3NO/c1-6(2)7(13)12-5-3-4-8(9,10)11/h6H,3-5H2,1-2H3,(H,12,13). The van der Waals surface area contributed by atoms with Crippen molar-refractivity contribution in [2.45, 2.75) is 32.9 Å². The Morgan fingerprint density at radius 1 is 1.38 bits per heavy atom. The van der Waals surface area contributed by atoms with Gasteiger partial charge in [0.1, 0.15) is 0 Å². The van der Waals surface area contributed by atoms with Crippen molar-refractivity contribution in [2.24, 2.45) is 5.92 Å². The molecule has 78 valence electrons. The fourth-order valence-corrected chi connectivity index (χ4v) is 0.705. The van der Waals surface area contributed by atoms with E-state index in [-0.39, 0.29) is 24.8 Å². The molecule has 0 aromatic carbocycles. The van der Waals surface area contributed by atoms with Gasteiger partial charge in [-0.2, -0.15) is 13.2 Å². The predicted octanol–water partition coefficient (Wildman–Crippen LogP) is 2.10. The molecular formula is C8H14F3NO. The highest BCUT2D eigenvalue weighted by atomic mass is 19.4.